The summed E-state index contributed by atoms with van der Waals surface area (Å²) in [7, 11) is 0. The van der Waals surface area contributed by atoms with E-state index >= 15 is 0 Å². The first-order chi connectivity index (χ1) is 16.2. The maximum Gasteiger partial charge on any atom is 0.417 e. The lowest BCUT2D eigenvalue weighted by Crippen LogP contribution is -2.45. The molecule has 1 amide bonds. The Kier molecular flexibility index (Phi) is 4.91. The van der Waals surface area contributed by atoms with E-state index in [1.807, 2.05) is 18.5 Å². The van der Waals surface area contributed by atoms with Gasteiger partial charge in [-0.2, -0.15) is 10.5 Å². The standard InChI is InChI=1S/C25H26N6O3/c1-23(2,13-27)20-10-21(34-29-20)31-15-25(33-22(31)32)8-4-7-24(3,12-25)14-30-16-28-18-6-5-17(11-26)9-19(18)30/h5-6,9-10,16H,4,7-8,12,14-15H2,1-3H3. The number of amides is 1. The summed E-state index contributed by atoms with van der Waals surface area (Å²) >= 11 is 0. The van der Waals surface area contributed by atoms with Gasteiger partial charge in [0.2, 0.25) is 5.88 Å². The van der Waals surface area contributed by atoms with Gasteiger partial charge < -0.3 is 13.8 Å². The minimum atomic E-state index is -0.814. The van der Waals surface area contributed by atoms with Gasteiger partial charge in [-0.05, 0) is 63.1 Å². The minimum absolute atomic E-state index is 0.125. The molecular formula is C25H26N6O3. The summed E-state index contributed by atoms with van der Waals surface area (Å²) in [5.74, 6) is 0.303. The predicted octanol–water partition coefficient (Wildman–Crippen LogP) is 4.67. The van der Waals surface area contributed by atoms with Gasteiger partial charge in [0, 0.05) is 12.6 Å². The molecule has 2 fully saturated rings. The van der Waals surface area contributed by atoms with E-state index in [9.17, 15) is 15.3 Å². The molecule has 1 aliphatic carbocycles. The van der Waals surface area contributed by atoms with Crippen LogP contribution in [-0.4, -0.2) is 32.9 Å². The van der Waals surface area contributed by atoms with E-state index in [1.165, 1.54) is 4.90 Å². The Balaban J connectivity index is 1.37. The molecule has 5 rings (SSSR count). The van der Waals surface area contributed by atoms with Crippen molar-refractivity contribution in [1.29, 1.82) is 10.5 Å². The molecule has 34 heavy (non-hydrogen) atoms. The van der Waals surface area contributed by atoms with Crippen LogP contribution in [0.15, 0.2) is 35.1 Å². The van der Waals surface area contributed by atoms with Gasteiger partial charge in [-0.1, -0.05) is 12.1 Å². The molecule has 2 unspecified atom stereocenters. The van der Waals surface area contributed by atoms with Crippen LogP contribution in [0.4, 0.5) is 10.7 Å². The number of ether oxygens (including phenoxy) is 1. The number of anilines is 1. The number of hydrogen-bond acceptors (Lipinski definition) is 7. The van der Waals surface area contributed by atoms with Crippen molar-refractivity contribution in [3.8, 4) is 12.1 Å². The zero-order valence-corrected chi connectivity index (χ0v) is 19.5. The molecule has 174 valence electrons. The molecule has 1 saturated heterocycles. The van der Waals surface area contributed by atoms with Gasteiger partial charge in [-0.25, -0.2) is 14.7 Å². The monoisotopic (exact) mass is 458 g/mol. The number of hydrogen-bond donors (Lipinski definition) is 0. The Labute approximate surface area is 197 Å². The lowest BCUT2D eigenvalue weighted by molar-refractivity contribution is -0.0264. The Morgan fingerprint density at radius 2 is 2.06 bits per heavy atom. The van der Waals surface area contributed by atoms with Crippen molar-refractivity contribution in [2.45, 2.75) is 64.0 Å². The van der Waals surface area contributed by atoms with Gasteiger partial charge in [0.15, 0.2) is 0 Å². The van der Waals surface area contributed by atoms with Crippen molar-refractivity contribution >= 4 is 23.0 Å². The molecule has 1 aromatic carbocycles. The molecule has 1 aliphatic heterocycles. The van der Waals surface area contributed by atoms with Crippen molar-refractivity contribution < 1.29 is 14.1 Å². The Morgan fingerprint density at radius 3 is 2.82 bits per heavy atom. The van der Waals surface area contributed by atoms with E-state index in [1.54, 1.807) is 26.0 Å². The summed E-state index contributed by atoms with van der Waals surface area (Å²) in [4.78, 5) is 18.8. The molecule has 0 radical (unpaired) electrons. The van der Waals surface area contributed by atoms with Crippen LogP contribution < -0.4 is 4.90 Å². The van der Waals surface area contributed by atoms with Crippen LogP contribution in [0.3, 0.4) is 0 Å². The minimum Gasteiger partial charge on any atom is -0.441 e. The van der Waals surface area contributed by atoms with Crippen LogP contribution >= 0.6 is 0 Å². The number of nitriles is 2. The molecule has 9 heteroatoms. The molecule has 1 saturated carbocycles. The number of rotatable bonds is 4. The second-order valence-corrected chi connectivity index (χ2v) is 10.5. The largest absolute Gasteiger partial charge is 0.441 e. The first-order valence-electron chi connectivity index (χ1n) is 11.4. The Morgan fingerprint density at radius 1 is 1.24 bits per heavy atom. The fraction of sp³-hybridized carbons (Fsp3) is 0.480. The summed E-state index contributed by atoms with van der Waals surface area (Å²) in [5.41, 5.74) is 1.32. The topological polar surface area (TPSA) is 121 Å². The van der Waals surface area contributed by atoms with E-state index in [2.05, 4.69) is 33.8 Å². The number of carbonyl (C=O) groups excluding carboxylic acids is 1. The maximum atomic E-state index is 12.9. The fourth-order valence-corrected chi connectivity index (χ4v) is 5.35. The van der Waals surface area contributed by atoms with E-state index in [0.29, 0.717) is 36.7 Å². The number of nitrogens with zero attached hydrogens (tertiary/aromatic N) is 6. The zero-order valence-electron chi connectivity index (χ0n) is 19.5. The van der Waals surface area contributed by atoms with Gasteiger partial charge in [-0.3, -0.25) is 0 Å². The Bertz CT molecular complexity index is 1360. The SMILES string of the molecule is CC1(Cn2cnc3ccc(C#N)cc32)CCCC2(CN(c3cc(C(C)(C)C#N)no3)C(=O)O2)C1. The lowest BCUT2D eigenvalue weighted by atomic mass is 9.68. The van der Waals surface area contributed by atoms with Crippen molar-refractivity contribution in [3.05, 3.63) is 41.9 Å². The summed E-state index contributed by atoms with van der Waals surface area (Å²) in [6.07, 6.45) is 4.76. The molecule has 3 heterocycles. The smallest absolute Gasteiger partial charge is 0.417 e. The highest BCUT2D eigenvalue weighted by Gasteiger charge is 2.52. The molecule has 3 aromatic rings. The fourth-order valence-electron chi connectivity index (χ4n) is 5.35. The molecule has 9 nitrogen and oxygen atoms in total. The van der Waals surface area contributed by atoms with E-state index in [4.69, 9.17) is 9.26 Å². The van der Waals surface area contributed by atoms with Crippen LogP contribution in [0.5, 0.6) is 0 Å². The van der Waals surface area contributed by atoms with Crippen LogP contribution in [0, 0.1) is 28.1 Å². The van der Waals surface area contributed by atoms with E-state index in [-0.39, 0.29) is 5.41 Å². The number of imidazole rings is 1. The van der Waals surface area contributed by atoms with E-state index < -0.39 is 17.1 Å². The van der Waals surface area contributed by atoms with Crippen LogP contribution in [0.25, 0.3) is 11.0 Å². The van der Waals surface area contributed by atoms with Crippen molar-refractivity contribution in [3.63, 3.8) is 0 Å². The zero-order chi connectivity index (χ0) is 24.1. The molecule has 2 atom stereocenters. The van der Waals surface area contributed by atoms with Crippen molar-refractivity contribution in [2.24, 2.45) is 5.41 Å². The van der Waals surface area contributed by atoms with Gasteiger partial charge >= 0.3 is 6.09 Å². The van der Waals surface area contributed by atoms with Gasteiger partial charge in [0.1, 0.15) is 11.3 Å². The first kappa shape index (κ1) is 22.0. The summed E-state index contributed by atoms with van der Waals surface area (Å²) in [6, 6.07) is 11.5. The quantitative estimate of drug-likeness (QED) is 0.557. The third-order valence-electron chi connectivity index (χ3n) is 7.12. The summed E-state index contributed by atoms with van der Waals surface area (Å²) < 4.78 is 13.5. The molecule has 2 aliphatic rings. The lowest BCUT2D eigenvalue weighted by Gasteiger charge is -2.43. The van der Waals surface area contributed by atoms with Gasteiger partial charge in [0.25, 0.3) is 0 Å². The molecular weight excluding hydrogens is 432 g/mol. The molecule has 0 N–H and O–H groups in total. The average Bonchev–Trinajstić information content (AvgIpc) is 3.51. The van der Waals surface area contributed by atoms with Crippen LogP contribution in [0.1, 0.15) is 57.7 Å². The number of benzene rings is 1. The second-order valence-electron chi connectivity index (χ2n) is 10.5. The second kappa shape index (κ2) is 7.59. The van der Waals surface area contributed by atoms with Gasteiger partial charge in [0.05, 0.1) is 47.0 Å². The number of carbonyl (C=O) groups is 1. The predicted molar refractivity (Wildman–Crippen MR) is 123 cm³/mol. The van der Waals surface area contributed by atoms with Crippen molar-refractivity contribution in [1.82, 2.24) is 14.7 Å². The number of aromatic nitrogens is 3. The van der Waals surface area contributed by atoms with Crippen LogP contribution in [0.2, 0.25) is 0 Å². The average molecular weight is 459 g/mol. The summed E-state index contributed by atoms with van der Waals surface area (Å²) in [5, 5.41) is 22.7. The first-order valence-corrected chi connectivity index (χ1v) is 11.4. The highest BCUT2D eigenvalue weighted by atomic mass is 16.6. The molecule has 0 bridgehead atoms. The van der Waals surface area contributed by atoms with Crippen LogP contribution in [-0.2, 0) is 16.7 Å². The molecule has 2 aromatic heterocycles. The van der Waals surface area contributed by atoms with Crippen molar-refractivity contribution in [2.75, 3.05) is 11.4 Å². The highest BCUT2D eigenvalue weighted by Crippen LogP contribution is 2.48. The van der Waals surface area contributed by atoms with E-state index in [0.717, 1.165) is 30.3 Å². The normalized spacial score (nSPS) is 24.9. The van der Waals surface area contributed by atoms with Gasteiger partial charge in [-0.15, -0.1) is 0 Å². The maximum absolute atomic E-state index is 12.9. The highest BCUT2D eigenvalue weighted by molar-refractivity contribution is 5.88. The number of fused-ring (bicyclic) bond motifs is 1. The summed E-state index contributed by atoms with van der Waals surface area (Å²) in [6.45, 7) is 6.81. The Hall–Kier alpha value is -3.85. The third-order valence-corrected chi connectivity index (χ3v) is 7.12. The third kappa shape index (κ3) is 3.67. The molecule has 1 spiro atoms.